The molecular formula is C24H20O5. The van der Waals surface area contributed by atoms with E-state index in [2.05, 4.69) is 0 Å². The summed E-state index contributed by atoms with van der Waals surface area (Å²) < 4.78 is 5.43. The van der Waals surface area contributed by atoms with Gasteiger partial charge in [-0.15, -0.1) is 0 Å². The van der Waals surface area contributed by atoms with Crippen LogP contribution in [0.4, 0.5) is 0 Å². The van der Waals surface area contributed by atoms with Crippen LogP contribution in [0.1, 0.15) is 13.8 Å². The zero-order valence-corrected chi connectivity index (χ0v) is 16.0. The number of hydrogen-bond donors (Lipinski definition) is 2. The van der Waals surface area contributed by atoms with Gasteiger partial charge in [-0.25, -0.2) is 0 Å². The van der Waals surface area contributed by atoms with E-state index in [0.717, 1.165) is 39.6 Å². The zero-order valence-electron chi connectivity index (χ0n) is 16.0. The van der Waals surface area contributed by atoms with Gasteiger partial charge < -0.3 is 14.9 Å². The van der Waals surface area contributed by atoms with E-state index >= 15 is 0 Å². The van der Waals surface area contributed by atoms with E-state index in [1.807, 2.05) is 66.7 Å². The summed E-state index contributed by atoms with van der Waals surface area (Å²) in [5, 5.41) is 21.5. The highest BCUT2D eigenvalue weighted by molar-refractivity contribution is 6.17. The maximum Gasteiger partial charge on any atom is 0.308 e. The molecule has 5 nitrogen and oxygen atoms in total. The summed E-state index contributed by atoms with van der Waals surface area (Å²) in [5.41, 5.74) is 1.77. The first-order valence-corrected chi connectivity index (χ1v) is 9.00. The Balaban J connectivity index is 0.000000552. The van der Waals surface area contributed by atoms with Crippen LogP contribution >= 0.6 is 0 Å². The summed E-state index contributed by atoms with van der Waals surface area (Å²) in [7, 11) is 0. The number of carboxylic acids is 1. The number of phenols is 1. The summed E-state index contributed by atoms with van der Waals surface area (Å²) >= 11 is 0. The van der Waals surface area contributed by atoms with Gasteiger partial charge in [0.25, 0.3) is 5.97 Å². The van der Waals surface area contributed by atoms with Crippen LogP contribution in [0.2, 0.25) is 0 Å². The minimum atomic E-state index is -0.833. The molecule has 29 heavy (non-hydrogen) atoms. The summed E-state index contributed by atoms with van der Waals surface area (Å²) in [6, 6.07) is 22.9. The van der Waals surface area contributed by atoms with Gasteiger partial charge in [0, 0.05) is 35.7 Å². The number of para-hydroxylation sites is 1. The summed E-state index contributed by atoms with van der Waals surface area (Å²) in [5.74, 6) is -0.421. The van der Waals surface area contributed by atoms with Gasteiger partial charge in [-0.3, -0.25) is 9.59 Å². The van der Waals surface area contributed by atoms with Crippen molar-refractivity contribution in [3.05, 3.63) is 72.8 Å². The normalized spacial score (nSPS) is 10.3. The highest BCUT2D eigenvalue weighted by atomic mass is 16.5. The van der Waals surface area contributed by atoms with Crippen molar-refractivity contribution in [2.24, 2.45) is 0 Å². The van der Waals surface area contributed by atoms with Crippen LogP contribution < -0.4 is 4.74 Å². The van der Waals surface area contributed by atoms with Crippen LogP contribution in [0.3, 0.4) is 0 Å². The SMILES string of the molecule is CC(=O)O.CC(=O)Oc1ccccc1-c1c2ccccc2c(O)c2ccccc12. The van der Waals surface area contributed by atoms with Crippen LogP contribution in [-0.2, 0) is 9.59 Å². The molecule has 0 fully saturated rings. The van der Waals surface area contributed by atoms with Gasteiger partial charge >= 0.3 is 5.97 Å². The molecule has 2 N–H and O–H groups in total. The summed E-state index contributed by atoms with van der Waals surface area (Å²) in [6.45, 7) is 2.48. The van der Waals surface area contributed by atoms with E-state index in [1.165, 1.54) is 6.92 Å². The van der Waals surface area contributed by atoms with Crippen molar-refractivity contribution < 1.29 is 24.5 Å². The fraction of sp³-hybridized carbons (Fsp3) is 0.0833. The third kappa shape index (κ3) is 4.19. The molecule has 0 radical (unpaired) electrons. The van der Waals surface area contributed by atoms with Crippen molar-refractivity contribution in [3.63, 3.8) is 0 Å². The van der Waals surface area contributed by atoms with E-state index in [1.54, 1.807) is 6.07 Å². The molecule has 0 saturated carbocycles. The molecule has 5 heteroatoms. The molecular weight excluding hydrogens is 368 g/mol. The Labute approximate surface area is 167 Å². The van der Waals surface area contributed by atoms with Crippen molar-refractivity contribution in [2.75, 3.05) is 0 Å². The average Bonchev–Trinajstić information content (AvgIpc) is 2.69. The predicted octanol–water partition coefficient (Wildman–Crippen LogP) is 5.38. The average molecular weight is 388 g/mol. The number of phenolic OH excluding ortho intramolecular Hbond substituents is 1. The molecule has 0 aliphatic heterocycles. The topological polar surface area (TPSA) is 83.8 Å². The lowest BCUT2D eigenvalue weighted by Crippen LogP contribution is -2.02. The molecule has 0 spiro atoms. The largest absolute Gasteiger partial charge is 0.507 e. The minimum Gasteiger partial charge on any atom is -0.507 e. The molecule has 4 aromatic rings. The van der Waals surface area contributed by atoms with E-state index in [4.69, 9.17) is 14.6 Å². The Bertz CT molecular complexity index is 1150. The van der Waals surface area contributed by atoms with Gasteiger partial charge in [0.15, 0.2) is 0 Å². The minimum absolute atomic E-state index is 0.264. The van der Waals surface area contributed by atoms with Crippen molar-refractivity contribution in [2.45, 2.75) is 13.8 Å². The van der Waals surface area contributed by atoms with Gasteiger partial charge in [-0.2, -0.15) is 0 Å². The Morgan fingerprint density at radius 2 is 1.14 bits per heavy atom. The first-order valence-electron chi connectivity index (χ1n) is 9.00. The number of aromatic hydroxyl groups is 1. The Kier molecular flexibility index (Phi) is 5.79. The zero-order chi connectivity index (χ0) is 21.0. The molecule has 0 aromatic heterocycles. The Morgan fingerprint density at radius 1 is 0.724 bits per heavy atom. The van der Waals surface area contributed by atoms with Crippen molar-refractivity contribution >= 4 is 33.5 Å². The summed E-state index contributed by atoms with van der Waals surface area (Å²) in [4.78, 5) is 20.5. The second-order valence-electron chi connectivity index (χ2n) is 6.42. The van der Waals surface area contributed by atoms with Crippen LogP contribution in [0.15, 0.2) is 72.8 Å². The Morgan fingerprint density at radius 3 is 1.62 bits per heavy atom. The number of carboxylic acid groups (broad SMARTS) is 1. The van der Waals surface area contributed by atoms with E-state index in [-0.39, 0.29) is 11.7 Å². The van der Waals surface area contributed by atoms with Gasteiger partial charge in [-0.1, -0.05) is 66.7 Å². The van der Waals surface area contributed by atoms with Crippen molar-refractivity contribution in [3.8, 4) is 22.6 Å². The first kappa shape index (κ1) is 19.9. The highest BCUT2D eigenvalue weighted by Crippen LogP contribution is 2.44. The number of esters is 1. The lowest BCUT2D eigenvalue weighted by molar-refractivity contribution is -0.134. The second-order valence-corrected chi connectivity index (χ2v) is 6.42. The number of benzene rings is 4. The molecule has 0 aliphatic rings. The molecule has 0 atom stereocenters. The molecule has 0 saturated heterocycles. The molecule has 146 valence electrons. The van der Waals surface area contributed by atoms with Crippen LogP contribution in [0.25, 0.3) is 32.7 Å². The van der Waals surface area contributed by atoms with Crippen LogP contribution in [0.5, 0.6) is 11.5 Å². The van der Waals surface area contributed by atoms with Crippen molar-refractivity contribution in [1.29, 1.82) is 0 Å². The third-order valence-electron chi connectivity index (χ3n) is 4.31. The number of rotatable bonds is 2. The monoisotopic (exact) mass is 388 g/mol. The maximum atomic E-state index is 11.5. The molecule has 0 bridgehead atoms. The first-order chi connectivity index (χ1) is 13.9. The second kappa shape index (κ2) is 8.44. The standard InChI is InChI=1S/C22H16O3.C2H4O2/c1-14(23)25-20-13-7-6-12-19(20)21-15-8-2-4-10-17(15)22(24)18-11-5-3-9-16(18)21;1-2(3)4/h2-13,24H,1H3;1H3,(H,3,4). The summed E-state index contributed by atoms with van der Waals surface area (Å²) in [6.07, 6.45) is 0. The van der Waals surface area contributed by atoms with Crippen molar-refractivity contribution in [1.82, 2.24) is 0 Å². The van der Waals surface area contributed by atoms with Gasteiger partial charge in [0.05, 0.1) is 0 Å². The molecule has 0 aliphatic carbocycles. The van der Waals surface area contributed by atoms with Gasteiger partial charge in [-0.05, 0) is 16.8 Å². The number of ether oxygens (including phenoxy) is 1. The number of hydrogen-bond acceptors (Lipinski definition) is 4. The molecule has 0 unspecified atom stereocenters. The van der Waals surface area contributed by atoms with E-state index in [0.29, 0.717) is 5.75 Å². The lowest BCUT2D eigenvalue weighted by atomic mass is 9.91. The fourth-order valence-electron chi connectivity index (χ4n) is 3.31. The number of fused-ring (bicyclic) bond motifs is 2. The number of carbonyl (C=O) groups excluding carboxylic acids is 1. The van der Waals surface area contributed by atoms with Gasteiger partial charge in [0.1, 0.15) is 11.5 Å². The van der Waals surface area contributed by atoms with Gasteiger partial charge in [0.2, 0.25) is 0 Å². The Hall–Kier alpha value is -3.86. The highest BCUT2D eigenvalue weighted by Gasteiger charge is 2.17. The number of carbonyl (C=O) groups is 2. The van der Waals surface area contributed by atoms with Crippen LogP contribution in [0, 0.1) is 0 Å². The smallest absolute Gasteiger partial charge is 0.308 e. The molecule has 0 heterocycles. The molecule has 4 rings (SSSR count). The van der Waals surface area contributed by atoms with E-state index in [9.17, 15) is 9.90 Å². The number of aliphatic carboxylic acids is 1. The maximum absolute atomic E-state index is 11.5. The quantitative estimate of drug-likeness (QED) is 0.274. The molecule has 4 aromatic carbocycles. The predicted molar refractivity (Wildman–Crippen MR) is 113 cm³/mol. The lowest BCUT2D eigenvalue weighted by Gasteiger charge is -2.16. The third-order valence-corrected chi connectivity index (χ3v) is 4.31. The fourth-order valence-corrected chi connectivity index (χ4v) is 3.31. The molecule has 0 amide bonds. The van der Waals surface area contributed by atoms with Crippen LogP contribution in [-0.4, -0.2) is 22.2 Å². The van der Waals surface area contributed by atoms with E-state index < -0.39 is 5.97 Å².